The smallest absolute Gasteiger partial charge is 0.338 e. The van der Waals surface area contributed by atoms with E-state index >= 15 is 0 Å². The lowest BCUT2D eigenvalue weighted by molar-refractivity contribution is -0.138. The summed E-state index contributed by atoms with van der Waals surface area (Å²) in [6.45, 7) is 1.54. The van der Waals surface area contributed by atoms with E-state index in [1.807, 2.05) is 0 Å². The molecule has 0 bridgehead atoms. The van der Waals surface area contributed by atoms with Crippen LogP contribution in [-0.2, 0) is 23.9 Å². The summed E-state index contributed by atoms with van der Waals surface area (Å²) in [5, 5.41) is 0. The van der Waals surface area contributed by atoms with E-state index in [4.69, 9.17) is 9.47 Å². The summed E-state index contributed by atoms with van der Waals surface area (Å²) < 4.78 is 10.2. The Hall–Kier alpha value is -2.74. The Morgan fingerprint density at radius 1 is 1.08 bits per heavy atom. The Balaban J connectivity index is 1.62. The zero-order chi connectivity index (χ0) is 17.8. The van der Waals surface area contributed by atoms with Crippen molar-refractivity contribution in [3.05, 3.63) is 29.8 Å². The molecule has 8 nitrogen and oxygen atoms in total. The lowest BCUT2D eigenvalue weighted by Crippen LogP contribution is -2.42. The number of benzene rings is 1. The third-order valence-electron chi connectivity index (χ3n) is 4.08. The van der Waals surface area contributed by atoms with Gasteiger partial charge in [0.2, 0.25) is 11.8 Å². The summed E-state index contributed by atoms with van der Waals surface area (Å²) in [6, 6.07) is 6.07. The molecule has 8 heteroatoms. The summed E-state index contributed by atoms with van der Waals surface area (Å²) in [6.07, 6.45) is 0.336. The molecule has 2 fully saturated rings. The van der Waals surface area contributed by atoms with Crippen LogP contribution in [0.4, 0.5) is 5.69 Å². The summed E-state index contributed by atoms with van der Waals surface area (Å²) >= 11 is 0. The number of esters is 1. The highest BCUT2D eigenvalue weighted by atomic mass is 16.5. The zero-order valence-electron chi connectivity index (χ0n) is 13.6. The van der Waals surface area contributed by atoms with Crippen LogP contribution in [0.1, 0.15) is 23.2 Å². The van der Waals surface area contributed by atoms with Gasteiger partial charge in [-0.25, -0.2) is 4.79 Å². The first-order valence-electron chi connectivity index (χ1n) is 8.05. The number of morpholine rings is 1. The van der Waals surface area contributed by atoms with Crippen molar-refractivity contribution in [2.24, 2.45) is 0 Å². The molecule has 2 saturated heterocycles. The first kappa shape index (κ1) is 17.1. The summed E-state index contributed by atoms with van der Waals surface area (Å²) in [5.74, 6) is -1.55. The largest absolute Gasteiger partial charge is 0.452 e. The number of nitrogens with zero attached hydrogens (tertiary/aromatic N) is 2. The first-order valence-corrected chi connectivity index (χ1v) is 8.05. The Morgan fingerprint density at radius 3 is 2.44 bits per heavy atom. The standard InChI is InChI=1S/C17H18N2O6/c20-14-4-5-15(21)19(14)13-3-1-2-12(10-13)17(23)25-11-16(22)18-6-8-24-9-7-18/h1-3,10H,4-9,11H2. The Kier molecular flexibility index (Phi) is 5.08. The van der Waals surface area contributed by atoms with Gasteiger partial charge in [0.05, 0.1) is 24.5 Å². The molecular weight excluding hydrogens is 328 g/mol. The Morgan fingerprint density at radius 2 is 1.76 bits per heavy atom. The third-order valence-corrected chi connectivity index (χ3v) is 4.08. The van der Waals surface area contributed by atoms with Crippen molar-refractivity contribution in [1.82, 2.24) is 4.90 Å². The van der Waals surface area contributed by atoms with Crippen LogP contribution in [0.5, 0.6) is 0 Å². The number of amides is 3. The zero-order valence-corrected chi connectivity index (χ0v) is 13.6. The molecule has 0 radical (unpaired) electrons. The van der Waals surface area contributed by atoms with Crippen molar-refractivity contribution in [2.75, 3.05) is 37.8 Å². The fourth-order valence-corrected chi connectivity index (χ4v) is 2.75. The molecular formula is C17H18N2O6. The van der Waals surface area contributed by atoms with E-state index < -0.39 is 5.97 Å². The Labute approximate surface area is 144 Å². The highest BCUT2D eigenvalue weighted by Gasteiger charge is 2.30. The van der Waals surface area contributed by atoms with Gasteiger partial charge in [-0.1, -0.05) is 6.07 Å². The second-order valence-electron chi connectivity index (χ2n) is 5.74. The molecule has 2 aliphatic heterocycles. The molecule has 0 unspecified atom stereocenters. The lowest BCUT2D eigenvalue weighted by atomic mass is 10.2. The van der Waals surface area contributed by atoms with Crippen molar-refractivity contribution in [1.29, 1.82) is 0 Å². The van der Waals surface area contributed by atoms with Crippen molar-refractivity contribution in [3.63, 3.8) is 0 Å². The number of hydrogen-bond acceptors (Lipinski definition) is 6. The van der Waals surface area contributed by atoms with Gasteiger partial charge in [-0.05, 0) is 18.2 Å². The minimum Gasteiger partial charge on any atom is -0.452 e. The molecule has 1 aromatic rings. The third kappa shape index (κ3) is 3.85. The van der Waals surface area contributed by atoms with Gasteiger partial charge < -0.3 is 14.4 Å². The molecule has 0 saturated carbocycles. The van der Waals surface area contributed by atoms with Gasteiger partial charge >= 0.3 is 5.97 Å². The van der Waals surface area contributed by atoms with Gasteiger partial charge in [0.1, 0.15) is 0 Å². The van der Waals surface area contributed by atoms with Gasteiger partial charge in [0, 0.05) is 25.9 Å². The molecule has 0 atom stereocenters. The molecule has 0 aliphatic carbocycles. The molecule has 1 aromatic carbocycles. The molecule has 2 heterocycles. The summed E-state index contributed by atoms with van der Waals surface area (Å²) in [7, 11) is 0. The molecule has 0 spiro atoms. The average Bonchev–Trinajstić information content (AvgIpc) is 2.98. The highest BCUT2D eigenvalue weighted by molar-refractivity contribution is 6.20. The maximum absolute atomic E-state index is 12.2. The van der Waals surface area contributed by atoms with E-state index in [2.05, 4.69) is 0 Å². The maximum Gasteiger partial charge on any atom is 0.338 e. The van der Waals surface area contributed by atoms with Crippen LogP contribution in [0.2, 0.25) is 0 Å². The quantitative estimate of drug-likeness (QED) is 0.577. The average molecular weight is 346 g/mol. The molecule has 2 aliphatic rings. The number of anilines is 1. The number of hydrogen-bond donors (Lipinski definition) is 0. The van der Waals surface area contributed by atoms with E-state index in [1.54, 1.807) is 17.0 Å². The van der Waals surface area contributed by atoms with Crippen LogP contribution in [0, 0.1) is 0 Å². The summed E-state index contributed by atoms with van der Waals surface area (Å²) in [4.78, 5) is 50.4. The van der Waals surface area contributed by atoms with Crippen LogP contribution in [0.15, 0.2) is 24.3 Å². The second-order valence-corrected chi connectivity index (χ2v) is 5.74. The van der Waals surface area contributed by atoms with Gasteiger partial charge in [0.25, 0.3) is 5.91 Å². The van der Waals surface area contributed by atoms with Gasteiger partial charge in [-0.15, -0.1) is 0 Å². The number of carbonyl (C=O) groups is 4. The van der Waals surface area contributed by atoms with E-state index in [0.717, 1.165) is 4.90 Å². The number of carbonyl (C=O) groups excluding carboxylic acids is 4. The number of imide groups is 1. The van der Waals surface area contributed by atoms with Crippen LogP contribution >= 0.6 is 0 Å². The van der Waals surface area contributed by atoms with Gasteiger partial charge in [-0.3, -0.25) is 19.3 Å². The van der Waals surface area contributed by atoms with Crippen LogP contribution in [-0.4, -0.2) is 61.5 Å². The predicted octanol–water partition coefficient (Wildman–Crippen LogP) is 0.356. The van der Waals surface area contributed by atoms with Crippen LogP contribution < -0.4 is 4.90 Å². The van der Waals surface area contributed by atoms with Crippen molar-refractivity contribution >= 4 is 29.4 Å². The molecule has 3 amide bonds. The van der Waals surface area contributed by atoms with Crippen molar-refractivity contribution in [2.45, 2.75) is 12.8 Å². The second kappa shape index (κ2) is 7.43. The van der Waals surface area contributed by atoms with Crippen LogP contribution in [0.3, 0.4) is 0 Å². The predicted molar refractivity (Wildman–Crippen MR) is 85.9 cm³/mol. The molecule has 25 heavy (non-hydrogen) atoms. The van der Waals surface area contributed by atoms with Crippen molar-refractivity contribution < 1.29 is 28.7 Å². The topological polar surface area (TPSA) is 93.2 Å². The maximum atomic E-state index is 12.2. The van der Waals surface area contributed by atoms with Gasteiger partial charge in [-0.2, -0.15) is 0 Å². The fraction of sp³-hybridized carbons (Fsp3) is 0.412. The first-order chi connectivity index (χ1) is 12.1. The monoisotopic (exact) mass is 346 g/mol. The van der Waals surface area contributed by atoms with E-state index in [-0.39, 0.29) is 42.7 Å². The van der Waals surface area contributed by atoms with E-state index in [0.29, 0.717) is 32.0 Å². The highest BCUT2D eigenvalue weighted by Crippen LogP contribution is 2.23. The number of ether oxygens (including phenoxy) is 2. The minimum atomic E-state index is -0.678. The van der Waals surface area contributed by atoms with Crippen molar-refractivity contribution in [3.8, 4) is 0 Å². The van der Waals surface area contributed by atoms with Gasteiger partial charge in [0.15, 0.2) is 6.61 Å². The minimum absolute atomic E-state index is 0.168. The molecule has 132 valence electrons. The molecule has 0 N–H and O–H groups in total. The van der Waals surface area contributed by atoms with E-state index in [9.17, 15) is 19.2 Å². The SMILES string of the molecule is O=C(OCC(=O)N1CCOCC1)c1cccc(N2C(=O)CCC2=O)c1. The molecule has 0 aromatic heterocycles. The number of rotatable bonds is 4. The summed E-state index contributed by atoms with van der Waals surface area (Å²) in [5.41, 5.74) is 0.515. The Bertz CT molecular complexity index is 695. The van der Waals surface area contributed by atoms with Crippen LogP contribution in [0.25, 0.3) is 0 Å². The van der Waals surface area contributed by atoms with E-state index in [1.165, 1.54) is 12.1 Å². The lowest BCUT2D eigenvalue weighted by Gasteiger charge is -2.26. The molecule has 3 rings (SSSR count). The fourth-order valence-electron chi connectivity index (χ4n) is 2.75. The normalized spacial score (nSPS) is 17.8.